The van der Waals surface area contributed by atoms with Gasteiger partial charge in [-0.3, -0.25) is 0 Å². The molecule has 1 rings (SSSR count). The summed E-state index contributed by atoms with van der Waals surface area (Å²) in [5, 5.41) is 13.1. The van der Waals surface area contributed by atoms with Crippen molar-refractivity contribution in [3.63, 3.8) is 0 Å². The van der Waals surface area contributed by atoms with Gasteiger partial charge in [0.15, 0.2) is 0 Å². The van der Waals surface area contributed by atoms with Crippen LogP contribution in [0.5, 0.6) is 5.75 Å². The van der Waals surface area contributed by atoms with E-state index in [1.807, 2.05) is 37.7 Å². The van der Waals surface area contributed by atoms with Crippen LogP contribution in [-0.2, 0) is 0 Å². The van der Waals surface area contributed by atoms with E-state index in [1.165, 1.54) is 17.7 Å². The molecule has 2 N–H and O–H groups in total. The van der Waals surface area contributed by atoms with Gasteiger partial charge in [0, 0.05) is 6.54 Å². The van der Waals surface area contributed by atoms with Crippen LogP contribution in [0.4, 0.5) is 0 Å². The molecule has 1 atom stereocenters. The Morgan fingerprint density at radius 2 is 2.10 bits per heavy atom. The minimum absolute atomic E-state index is 0.335. The molecule has 0 aliphatic rings. The molecule has 0 heterocycles. The Hall–Kier alpha value is -0.710. The third kappa shape index (κ3) is 7.17. The largest absolute Gasteiger partial charge is 0.491 e. The van der Waals surface area contributed by atoms with Crippen LogP contribution in [0, 0.1) is 13.8 Å². The summed E-state index contributed by atoms with van der Waals surface area (Å²) >= 11 is 1.88. The van der Waals surface area contributed by atoms with Crippen molar-refractivity contribution < 1.29 is 9.84 Å². The predicted molar refractivity (Wildman–Crippen MR) is 87.9 cm³/mol. The number of hydrogen-bond acceptors (Lipinski definition) is 4. The zero-order chi connectivity index (χ0) is 14.8. The Morgan fingerprint density at radius 3 is 2.85 bits per heavy atom. The van der Waals surface area contributed by atoms with Crippen molar-refractivity contribution in [2.45, 2.75) is 32.8 Å². The quantitative estimate of drug-likeness (QED) is 0.652. The summed E-state index contributed by atoms with van der Waals surface area (Å²) in [6.07, 6.45) is 4.05. The van der Waals surface area contributed by atoms with Crippen molar-refractivity contribution in [2.24, 2.45) is 0 Å². The second-order valence-electron chi connectivity index (χ2n) is 5.14. The van der Waals surface area contributed by atoms with Gasteiger partial charge in [0.25, 0.3) is 0 Å². The van der Waals surface area contributed by atoms with Crippen LogP contribution in [0.15, 0.2) is 18.2 Å². The number of aliphatic hydroxyl groups excluding tert-OH is 1. The predicted octanol–water partition coefficient (Wildman–Crippen LogP) is 2.78. The first-order chi connectivity index (χ1) is 9.63. The molecule has 20 heavy (non-hydrogen) atoms. The van der Waals surface area contributed by atoms with Crippen LogP contribution >= 0.6 is 11.8 Å². The number of ether oxygens (including phenoxy) is 1. The van der Waals surface area contributed by atoms with Gasteiger partial charge in [-0.05, 0) is 62.4 Å². The van der Waals surface area contributed by atoms with Crippen molar-refractivity contribution >= 4 is 11.8 Å². The fourth-order valence-corrected chi connectivity index (χ4v) is 2.37. The molecule has 0 amide bonds. The first-order valence-electron chi connectivity index (χ1n) is 7.21. The van der Waals surface area contributed by atoms with Gasteiger partial charge < -0.3 is 15.2 Å². The molecule has 4 heteroatoms. The van der Waals surface area contributed by atoms with Crippen molar-refractivity contribution in [3.05, 3.63) is 29.3 Å². The maximum atomic E-state index is 9.88. The lowest BCUT2D eigenvalue weighted by Gasteiger charge is -2.15. The van der Waals surface area contributed by atoms with Gasteiger partial charge in [-0.2, -0.15) is 11.8 Å². The van der Waals surface area contributed by atoms with E-state index in [-0.39, 0.29) is 0 Å². The van der Waals surface area contributed by atoms with E-state index in [4.69, 9.17) is 4.74 Å². The summed E-state index contributed by atoms with van der Waals surface area (Å²) in [5.41, 5.74) is 2.28. The SMILES string of the molecule is CSCCCCNCC(O)COc1cc(C)ccc1C. The summed E-state index contributed by atoms with van der Waals surface area (Å²) in [5.74, 6) is 2.07. The second-order valence-corrected chi connectivity index (χ2v) is 6.12. The van der Waals surface area contributed by atoms with Crippen LogP contribution in [0.25, 0.3) is 0 Å². The lowest BCUT2D eigenvalue weighted by molar-refractivity contribution is 0.106. The van der Waals surface area contributed by atoms with Crippen LogP contribution in [-0.4, -0.2) is 42.9 Å². The van der Waals surface area contributed by atoms with E-state index in [2.05, 4.69) is 17.6 Å². The minimum Gasteiger partial charge on any atom is -0.491 e. The molecule has 0 saturated carbocycles. The van der Waals surface area contributed by atoms with E-state index < -0.39 is 6.10 Å². The molecule has 0 aliphatic carbocycles. The van der Waals surface area contributed by atoms with Crippen LogP contribution in [0.3, 0.4) is 0 Å². The number of unbranched alkanes of at least 4 members (excludes halogenated alkanes) is 1. The average molecular weight is 297 g/mol. The monoisotopic (exact) mass is 297 g/mol. The number of thioether (sulfide) groups is 1. The number of nitrogens with one attached hydrogen (secondary N) is 1. The van der Waals surface area contributed by atoms with Gasteiger partial charge in [-0.15, -0.1) is 0 Å². The molecule has 0 aromatic heterocycles. The van der Waals surface area contributed by atoms with Crippen molar-refractivity contribution in [3.8, 4) is 5.75 Å². The smallest absolute Gasteiger partial charge is 0.122 e. The summed E-state index contributed by atoms with van der Waals surface area (Å²) in [4.78, 5) is 0. The molecule has 0 saturated heterocycles. The van der Waals surface area contributed by atoms with Crippen molar-refractivity contribution in [2.75, 3.05) is 31.7 Å². The number of aliphatic hydroxyl groups is 1. The van der Waals surface area contributed by atoms with E-state index in [0.29, 0.717) is 13.2 Å². The lowest BCUT2D eigenvalue weighted by Crippen LogP contribution is -2.32. The molecule has 1 aromatic carbocycles. The third-order valence-electron chi connectivity index (χ3n) is 3.11. The van der Waals surface area contributed by atoms with Crippen molar-refractivity contribution in [1.82, 2.24) is 5.32 Å². The Labute approximate surface area is 127 Å². The van der Waals surface area contributed by atoms with Crippen LogP contribution < -0.4 is 10.1 Å². The molecular weight excluding hydrogens is 270 g/mol. The Balaban J connectivity index is 2.16. The molecular formula is C16H27NO2S. The molecule has 0 aliphatic heterocycles. The van der Waals surface area contributed by atoms with Gasteiger partial charge >= 0.3 is 0 Å². The Morgan fingerprint density at radius 1 is 1.30 bits per heavy atom. The van der Waals surface area contributed by atoms with E-state index in [0.717, 1.165) is 24.3 Å². The van der Waals surface area contributed by atoms with Gasteiger partial charge in [0.1, 0.15) is 18.5 Å². The summed E-state index contributed by atoms with van der Waals surface area (Å²) in [6.45, 7) is 5.94. The maximum absolute atomic E-state index is 9.88. The van der Waals surface area contributed by atoms with E-state index in [9.17, 15) is 5.11 Å². The topological polar surface area (TPSA) is 41.5 Å². The number of hydrogen-bond donors (Lipinski definition) is 2. The zero-order valence-electron chi connectivity index (χ0n) is 12.8. The number of rotatable bonds is 10. The molecule has 0 radical (unpaired) electrons. The second kappa shape index (κ2) is 10.1. The number of benzene rings is 1. The van der Waals surface area contributed by atoms with Gasteiger partial charge in [-0.25, -0.2) is 0 Å². The van der Waals surface area contributed by atoms with Gasteiger partial charge in [0.05, 0.1) is 0 Å². The van der Waals surface area contributed by atoms with Gasteiger partial charge in [0.2, 0.25) is 0 Å². The summed E-state index contributed by atoms with van der Waals surface area (Å²) in [7, 11) is 0. The van der Waals surface area contributed by atoms with Crippen molar-refractivity contribution in [1.29, 1.82) is 0 Å². The molecule has 0 spiro atoms. The van der Waals surface area contributed by atoms with E-state index >= 15 is 0 Å². The Bertz CT molecular complexity index is 385. The van der Waals surface area contributed by atoms with E-state index in [1.54, 1.807) is 0 Å². The standard InChI is InChI=1S/C16H27NO2S/c1-13-6-7-14(2)16(10-13)19-12-15(18)11-17-8-4-5-9-20-3/h6-7,10,15,17-18H,4-5,8-9,11-12H2,1-3H3. The molecule has 0 fully saturated rings. The molecule has 114 valence electrons. The molecule has 0 bridgehead atoms. The Kier molecular flexibility index (Phi) is 8.74. The highest BCUT2D eigenvalue weighted by molar-refractivity contribution is 7.98. The summed E-state index contributed by atoms with van der Waals surface area (Å²) < 4.78 is 5.68. The average Bonchev–Trinajstić information content (AvgIpc) is 2.43. The molecule has 1 unspecified atom stereocenters. The van der Waals surface area contributed by atoms with Crippen LogP contribution in [0.1, 0.15) is 24.0 Å². The fourth-order valence-electron chi connectivity index (χ4n) is 1.87. The summed E-state index contributed by atoms with van der Waals surface area (Å²) in [6, 6.07) is 6.12. The van der Waals surface area contributed by atoms with Gasteiger partial charge in [-0.1, -0.05) is 12.1 Å². The third-order valence-corrected chi connectivity index (χ3v) is 3.80. The highest BCUT2D eigenvalue weighted by atomic mass is 32.2. The highest BCUT2D eigenvalue weighted by Crippen LogP contribution is 2.19. The molecule has 3 nitrogen and oxygen atoms in total. The minimum atomic E-state index is -0.463. The van der Waals surface area contributed by atoms with Crippen LogP contribution in [0.2, 0.25) is 0 Å². The highest BCUT2D eigenvalue weighted by Gasteiger charge is 2.06. The number of aryl methyl sites for hydroxylation is 2. The lowest BCUT2D eigenvalue weighted by atomic mass is 10.1. The normalized spacial score (nSPS) is 12.4. The maximum Gasteiger partial charge on any atom is 0.122 e. The fraction of sp³-hybridized carbons (Fsp3) is 0.625. The first kappa shape index (κ1) is 17.3. The first-order valence-corrected chi connectivity index (χ1v) is 8.60. The zero-order valence-corrected chi connectivity index (χ0v) is 13.6. The molecule has 1 aromatic rings.